The fourth-order valence-electron chi connectivity index (χ4n) is 2.41. The number of carbonyl (C=O) groups is 2. The lowest BCUT2D eigenvalue weighted by atomic mass is 9.96. The summed E-state index contributed by atoms with van der Waals surface area (Å²) in [5.41, 5.74) is 0. The molecule has 2 fully saturated rings. The second-order valence-corrected chi connectivity index (χ2v) is 4.66. The average Bonchev–Trinajstić information content (AvgIpc) is 2.94. The predicted octanol–water partition coefficient (Wildman–Crippen LogP) is 1.19. The van der Waals surface area contributed by atoms with Crippen molar-refractivity contribution in [2.24, 2.45) is 0 Å². The van der Waals surface area contributed by atoms with Gasteiger partial charge in [-0.25, -0.2) is 0 Å². The first-order chi connectivity index (χ1) is 8.06. The standard InChI is InChI=1S/C12H18O5/c1-7(13)15-9-3-5-11-12(17-11)6-4-10(9)16-8(2)14/h9-12H,3-6H2,1-2H3/t9-,10-,11-,12+/m0/s1. The second-order valence-electron chi connectivity index (χ2n) is 4.66. The molecule has 2 rings (SSSR count). The van der Waals surface area contributed by atoms with E-state index < -0.39 is 0 Å². The number of epoxide rings is 1. The zero-order valence-corrected chi connectivity index (χ0v) is 10.2. The summed E-state index contributed by atoms with van der Waals surface area (Å²) in [4.78, 5) is 22.1. The minimum atomic E-state index is -0.332. The number of ether oxygens (including phenoxy) is 3. The Morgan fingerprint density at radius 2 is 1.29 bits per heavy atom. The lowest BCUT2D eigenvalue weighted by Gasteiger charge is -2.27. The van der Waals surface area contributed by atoms with Crippen LogP contribution in [0.25, 0.3) is 0 Å². The van der Waals surface area contributed by atoms with Gasteiger partial charge in [-0.15, -0.1) is 0 Å². The van der Waals surface area contributed by atoms with Gasteiger partial charge in [0.05, 0.1) is 12.2 Å². The van der Waals surface area contributed by atoms with Crippen LogP contribution in [0.1, 0.15) is 39.5 Å². The molecule has 5 heteroatoms. The van der Waals surface area contributed by atoms with E-state index in [0.717, 1.165) is 12.8 Å². The fourth-order valence-corrected chi connectivity index (χ4v) is 2.41. The molecule has 0 N–H and O–H groups in total. The van der Waals surface area contributed by atoms with Crippen LogP contribution in [0.3, 0.4) is 0 Å². The summed E-state index contributed by atoms with van der Waals surface area (Å²) in [5, 5.41) is 0. The first-order valence-electron chi connectivity index (χ1n) is 6.06. The molecule has 0 bridgehead atoms. The van der Waals surface area contributed by atoms with Crippen LogP contribution >= 0.6 is 0 Å². The molecule has 1 saturated heterocycles. The van der Waals surface area contributed by atoms with Gasteiger partial charge in [0.1, 0.15) is 12.2 Å². The molecule has 17 heavy (non-hydrogen) atoms. The van der Waals surface area contributed by atoms with E-state index in [2.05, 4.69) is 0 Å². The molecule has 1 saturated carbocycles. The normalized spacial score (nSPS) is 36.1. The Morgan fingerprint density at radius 3 is 1.65 bits per heavy atom. The summed E-state index contributed by atoms with van der Waals surface area (Å²) < 4.78 is 15.9. The van der Waals surface area contributed by atoms with Gasteiger partial charge in [0.15, 0.2) is 0 Å². The summed E-state index contributed by atoms with van der Waals surface area (Å²) in [6.45, 7) is 2.75. The lowest BCUT2D eigenvalue weighted by molar-refractivity contribution is -0.166. The van der Waals surface area contributed by atoms with Gasteiger partial charge in [-0.05, 0) is 25.7 Å². The molecule has 1 aliphatic heterocycles. The number of rotatable bonds is 2. The van der Waals surface area contributed by atoms with E-state index in [0.29, 0.717) is 25.0 Å². The van der Waals surface area contributed by atoms with Crippen molar-refractivity contribution >= 4 is 11.9 Å². The Labute approximate surface area is 100 Å². The number of hydrogen-bond acceptors (Lipinski definition) is 5. The molecule has 0 amide bonds. The highest BCUT2D eigenvalue weighted by atomic mass is 16.6. The minimum Gasteiger partial charge on any atom is -0.459 e. The third-order valence-corrected chi connectivity index (χ3v) is 3.21. The van der Waals surface area contributed by atoms with Crippen molar-refractivity contribution in [3.05, 3.63) is 0 Å². The molecule has 0 unspecified atom stereocenters. The fraction of sp³-hybridized carbons (Fsp3) is 0.833. The molecular weight excluding hydrogens is 224 g/mol. The maximum atomic E-state index is 11.0. The molecule has 4 atom stereocenters. The largest absolute Gasteiger partial charge is 0.459 e. The van der Waals surface area contributed by atoms with E-state index in [1.807, 2.05) is 0 Å². The highest BCUT2D eigenvalue weighted by Crippen LogP contribution is 2.35. The van der Waals surface area contributed by atoms with Crippen molar-refractivity contribution in [2.75, 3.05) is 0 Å². The van der Waals surface area contributed by atoms with Crippen molar-refractivity contribution in [1.82, 2.24) is 0 Å². The molecule has 96 valence electrons. The number of esters is 2. The first-order valence-corrected chi connectivity index (χ1v) is 6.06. The molecular formula is C12H18O5. The van der Waals surface area contributed by atoms with E-state index in [1.54, 1.807) is 0 Å². The summed E-state index contributed by atoms with van der Waals surface area (Å²) in [6.07, 6.45) is 3.07. The summed E-state index contributed by atoms with van der Waals surface area (Å²) in [7, 11) is 0. The first kappa shape index (κ1) is 12.4. The van der Waals surface area contributed by atoms with Gasteiger partial charge in [0.25, 0.3) is 0 Å². The summed E-state index contributed by atoms with van der Waals surface area (Å²) in [6, 6.07) is 0. The Bertz CT molecular complexity index is 284. The zero-order chi connectivity index (χ0) is 12.4. The maximum absolute atomic E-state index is 11.0. The van der Waals surface area contributed by atoms with Gasteiger partial charge in [0, 0.05) is 13.8 Å². The van der Waals surface area contributed by atoms with Crippen molar-refractivity contribution in [1.29, 1.82) is 0 Å². The van der Waals surface area contributed by atoms with Crippen molar-refractivity contribution in [3.63, 3.8) is 0 Å². The number of carbonyl (C=O) groups excluding carboxylic acids is 2. The Morgan fingerprint density at radius 1 is 0.882 bits per heavy atom. The zero-order valence-electron chi connectivity index (χ0n) is 10.2. The summed E-state index contributed by atoms with van der Waals surface area (Å²) >= 11 is 0. The predicted molar refractivity (Wildman–Crippen MR) is 58.2 cm³/mol. The minimum absolute atomic E-state index is 0.311. The molecule has 0 aromatic carbocycles. The third kappa shape index (κ3) is 3.43. The van der Waals surface area contributed by atoms with E-state index >= 15 is 0 Å². The van der Waals surface area contributed by atoms with Crippen LogP contribution in [0.15, 0.2) is 0 Å². The van der Waals surface area contributed by atoms with Gasteiger partial charge in [-0.3, -0.25) is 9.59 Å². The molecule has 5 nitrogen and oxygen atoms in total. The van der Waals surface area contributed by atoms with Crippen LogP contribution in [-0.2, 0) is 23.8 Å². The van der Waals surface area contributed by atoms with Crippen LogP contribution in [0, 0.1) is 0 Å². The van der Waals surface area contributed by atoms with Crippen LogP contribution in [0.4, 0.5) is 0 Å². The lowest BCUT2D eigenvalue weighted by Crippen LogP contribution is -2.36. The summed E-state index contributed by atoms with van der Waals surface area (Å²) in [5.74, 6) is -0.665. The van der Waals surface area contributed by atoms with E-state index in [-0.39, 0.29) is 24.1 Å². The molecule has 0 aromatic heterocycles. The van der Waals surface area contributed by atoms with Crippen LogP contribution in [0.5, 0.6) is 0 Å². The second kappa shape index (κ2) is 5.04. The maximum Gasteiger partial charge on any atom is 0.303 e. The van der Waals surface area contributed by atoms with E-state index in [9.17, 15) is 9.59 Å². The molecule has 0 aromatic rings. The molecule has 1 heterocycles. The Kier molecular flexibility index (Phi) is 3.66. The Hall–Kier alpha value is -1.10. The highest BCUT2D eigenvalue weighted by Gasteiger charge is 2.43. The molecule has 0 spiro atoms. The number of hydrogen-bond donors (Lipinski definition) is 0. The quantitative estimate of drug-likeness (QED) is 0.537. The van der Waals surface area contributed by atoms with E-state index in [4.69, 9.17) is 14.2 Å². The van der Waals surface area contributed by atoms with E-state index in [1.165, 1.54) is 13.8 Å². The SMILES string of the molecule is CC(=O)O[C@H]1CC[C@@H]2O[C@@H]2CC[C@@H]1OC(C)=O. The van der Waals surface area contributed by atoms with Gasteiger partial charge >= 0.3 is 11.9 Å². The molecule has 1 aliphatic carbocycles. The average molecular weight is 242 g/mol. The van der Waals surface area contributed by atoms with Crippen molar-refractivity contribution in [3.8, 4) is 0 Å². The van der Waals surface area contributed by atoms with Gasteiger partial charge in [-0.2, -0.15) is 0 Å². The highest BCUT2D eigenvalue weighted by molar-refractivity contribution is 5.67. The number of fused-ring (bicyclic) bond motifs is 1. The van der Waals surface area contributed by atoms with Gasteiger partial charge in [0.2, 0.25) is 0 Å². The van der Waals surface area contributed by atoms with Crippen molar-refractivity contribution < 1.29 is 23.8 Å². The van der Waals surface area contributed by atoms with Gasteiger partial charge < -0.3 is 14.2 Å². The topological polar surface area (TPSA) is 65.1 Å². The van der Waals surface area contributed by atoms with Crippen LogP contribution in [-0.4, -0.2) is 36.4 Å². The molecule has 2 aliphatic rings. The monoisotopic (exact) mass is 242 g/mol. The third-order valence-electron chi connectivity index (χ3n) is 3.21. The van der Waals surface area contributed by atoms with Crippen LogP contribution in [0.2, 0.25) is 0 Å². The smallest absolute Gasteiger partial charge is 0.303 e. The molecule has 0 radical (unpaired) electrons. The van der Waals surface area contributed by atoms with Crippen molar-refractivity contribution in [2.45, 2.75) is 63.9 Å². The van der Waals surface area contributed by atoms with Crippen LogP contribution < -0.4 is 0 Å². The van der Waals surface area contributed by atoms with Gasteiger partial charge in [-0.1, -0.05) is 0 Å². The Balaban J connectivity index is 1.98.